The fraction of sp³-hybridized carbons (Fsp3) is 0.300. The average molecular weight is 461 g/mol. The van der Waals surface area contributed by atoms with Crippen molar-refractivity contribution in [3.63, 3.8) is 0 Å². The van der Waals surface area contributed by atoms with Crippen molar-refractivity contribution in [2.45, 2.75) is 31.8 Å². The minimum absolute atomic E-state index is 0.258. The molecule has 1 aliphatic rings. The van der Waals surface area contributed by atoms with Gasteiger partial charge in [-0.3, -0.25) is 0 Å². The third-order valence-electron chi connectivity index (χ3n) is 4.76. The third-order valence-corrected chi connectivity index (χ3v) is 7.83. The Hall–Kier alpha value is -2.43. The first kappa shape index (κ1) is 20.8. The van der Waals surface area contributed by atoms with Crippen LogP contribution < -0.4 is 10.6 Å². The zero-order valence-electron chi connectivity index (χ0n) is 16.6. The summed E-state index contributed by atoms with van der Waals surface area (Å²) in [4.78, 5) is 37.0. The fourth-order valence-electron chi connectivity index (χ4n) is 3.25. The molecule has 0 fully saturated rings. The van der Waals surface area contributed by atoms with E-state index < -0.39 is 12.0 Å². The minimum Gasteiger partial charge on any atom is -0.463 e. The van der Waals surface area contributed by atoms with Crippen molar-refractivity contribution in [1.82, 2.24) is 20.6 Å². The second-order valence-electron chi connectivity index (χ2n) is 6.59. The molecule has 4 heterocycles. The molecule has 30 heavy (non-hydrogen) atoms. The van der Waals surface area contributed by atoms with Crippen molar-refractivity contribution in [2.75, 3.05) is 12.4 Å². The van der Waals surface area contributed by atoms with Crippen LogP contribution in [0.2, 0.25) is 0 Å². The van der Waals surface area contributed by atoms with E-state index >= 15 is 0 Å². The van der Waals surface area contributed by atoms with Crippen LogP contribution in [0.4, 0.5) is 4.79 Å². The standard InChI is InChI=1S/C20H20N4O3S3/c1-4-27-19(25)15-12(23-20(26)24-16(15)13-6-5-7-28-13)8-29-17-14-10(2)11(3)30-18(14)22-9-21-17/h5-7,9,16H,4,8H2,1-3H3,(H2,23,24,26). The van der Waals surface area contributed by atoms with E-state index in [4.69, 9.17) is 4.74 Å². The summed E-state index contributed by atoms with van der Waals surface area (Å²) >= 11 is 4.60. The summed E-state index contributed by atoms with van der Waals surface area (Å²) < 4.78 is 5.30. The summed E-state index contributed by atoms with van der Waals surface area (Å²) in [7, 11) is 0. The number of carbonyl (C=O) groups is 2. The van der Waals surface area contributed by atoms with Crippen molar-refractivity contribution < 1.29 is 14.3 Å². The summed E-state index contributed by atoms with van der Waals surface area (Å²) in [6.07, 6.45) is 1.55. The van der Waals surface area contributed by atoms with Gasteiger partial charge in [-0.2, -0.15) is 0 Å². The number of hydrogen-bond donors (Lipinski definition) is 2. The van der Waals surface area contributed by atoms with Crippen LogP contribution in [0.5, 0.6) is 0 Å². The molecule has 1 unspecified atom stereocenters. The van der Waals surface area contributed by atoms with Crippen molar-refractivity contribution >= 4 is 56.7 Å². The predicted molar refractivity (Wildman–Crippen MR) is 120 cm³/mol. The van der Waals surface area contributed by atoms with Crippen molar-refractivity contribution in [3.05, 3.63) is 50.4 Å². The summed E-state index contributed by atoms with van der Waals surface area (Å²) in [5.41, 5.74) is 2.12. The Morgan fingerprint density at radius 3 is 2.90 bits per heavy atom. The lowest BCUT2D eigenvalue weighted by atomic mass is 10.0. The molecule has 0 aromatic carbocycles. The smallest absolute Gasteiger partial charge is 0.338 e. The van der Waals surface area contributed by atoms with Gasteiger partial charge in [-0.1, -0.05) is 17.8 Å². The van der Waals surface area contributed by atoms with Crippen LogP contribution in [0.25, 0.3) is 10.2 Å². The van der Waals surface area contributed by atoms with Crippen LogP contribution >= 0.6 is 34.4 Å². The summed E-state index contributed by atoms with van der Waals surface area (Å²) in [5, 5.41) is 9.43. The van der Waals surface area contributed by atoms with Gasteiger partial charge in [0.25, 0.3) is 0 Å². The van der Waals surface area contributed by atoms with Gasteiger partial charge in [0.05, 0.1) is 18.2 Å². The number of nitrogens with zero attached hydrogens (tertiary/aromatic N) is 2. The quantitative estimate of drug-likeness (QED) is 0.323. The first-order valence-corrected chi connectivity index (χ1v) is 12.0. The predicted octanol–water partition coefficient (Wildman–Crippen LogP) is 4.33. The molecule has 4 rings (SSSR count). The lowest BCUT2D eigenvalue weighted by Gasteiger charge is -2.28. The lowest BCUT2D eigenvalue weighted by Crippen LogP contribution is -2.46. The van der Waals surface area contributed by atoms with Gasteiger partial charge in [0.2, 0.25) is 0 Å². The van der Waals surface area contributed by atoms with Crippen LogP contribution in [0.15, 0.2) is 40.1 Å². The van der Waals surface area contributed by atoms with Crippen molar-refractivity contribution in [2.24, 2.45) is 0 Å². The first-order chi connectivity index (χ1) is 14.5. The highest BCUT2D eigenvalue weighted by atomic mass is 32.2. The maximum absolute atomic E-state index is 12.8. The Morgan fingerprint density at radius 2 is 2.17 bits per heavy atom. The lowest BCUT2D eigenvalue weighted by molar-refractivity contribution is -0.139. The Kier molecular flexibility index (Phi) is 6.07. The summed E-state index contributed by atoms with van der Waals surface area (Å²) in [6, 6.07) is 2.91. The number of carbonyl (C=O) groups excluding carboxylic acids is 2. The van der Waals surface area contributed by atoms with Crippen LogP contribution in [-0.4, -0.2) is 34.3 Å². The summed E-state index contributed by atoms with van der Waals surface area (Å²) in [6.45, 7) is 6.15. The Labute approximate surface area is 186 Å². The molecule has 0 aliphatic carbocycles. The Morgan fingerprint density at radius 1 is 1.33 bits per heavy atom. The molecule has 2 N–H and O–H groups in total. The molecule has 0 saturated carbocycles. The number of fused-ring (bicyclic) bond motifs is 1. The molecule has 1 aliphatic heterocycles. The number of thiophene rings is 2. The van der Waals surface area contributed by atoms with E-state index in [9.17, 15) is 9.59 Å². The van der Waals surface area contributed by atoms with E-state index in [-0.39, 0.29) is 12.6 Å². The number of nitrogens with one attached hydrogen (secondary N) is 2. The van der Waals surface area contributed by atoms with E-state index in [0.717, 1.165) is 25.7 Å². The van der Waals surface area contributed by atoms with E-state index in [1.807, 2.05) is 17.5 Å². The zero-order chi connectivity index (χ0) is 21.3. The molecule has 3 aromatic rings. The van der Waals surface area contributed by atoms with E-state index in [0.29, 0.717) is 17.0 Å². The van der Waals surface area contributed by atoms with Gasteiger partial charge >= 0.3 is 12.0 Å². The van der Waals surface area contributed by atoms with Crippen molar-refractivity contribution in [3.8, 4) is 0 Å². The third kappa shape index (κ3) is 3.94. The van der Waals surface area contributed by atoms with Gasteiger partial charge in [-0.05, 0) is 37.8 Å². The first-order valence-electron chi connectivity index (χ1n) is 9.34. The molecule has 7 nitrogen and oxygen atoms in total. The molecule has 156 valence electrons. The largest absolute Gasteiger partial charge is 0.463 e. The number of aryl methyl sites for hydroxylation is 2. The highest BCUT2D eigenvalue weighted by Crippen LogP contribution is 2.37. The Balaban J connectivity index is 1.71. The van der Waals surface area contributed by atoms with Crippen LogP contribution in [0, 0.1) is 13.8 Å². The average Bonchev–Trinajstić information content (AvgIpc) is 3.35. The normalized spacial score (nSPS) is 16.5. The molecule has 10 heteroatoms. The number of esters is 1. The van der Waals surface area contributed by atoms with Gasteiger partial charge in [0.15, 0.2) is 0 Å². The number of ether oxygens (including phenoxy) is 1. The summed E-state index contributed by atoms with van der Waals surface area (Å²) in [5.74, 6) is -0.0569. The monoisotopic (exact) mass is 460 g/mol. The van der Waals surface area contributed by atoms with Gasteiger partial charge in [0.1, 0.15) is 16.2 Å². The molecular formula is C20H20N4O3S3. The number of thioether (sulfide) groups is 1. The molecule has 0 radical (unpaired) electrons. The molecule has 0 bridgehead atoms. The number of urea groups is 1. The molecule has 0 saturated heterocycles. The highest BCUT2D eigenvalue weighted by molar-refractivity contribution is 7.99. The molecule has 2 amide bonds. The second kappa shape index (κ2) is 8.75. The number of rotatable bonds is 6. The van der Waals surface area contributed by atoms with Gasteiger partial charge < -0.3 is 15.4 Å². The number of amides is 2. The molecule has 3 aromatic heterocycles. The van der Waals surface area contributed by atoms with Crippen LogP contribution in [-0.2, 0) is 9.53 Å². The topological polar surface area (TPSA) is 93.2 Å². The number of aromatic nitrogens is 2. The SMILES string of the molecule is CCOC(=O)C1=C(CSc2ncnc3sc(C)c(C)c23)NC(=O)NC1c1cccs1. The Bertz CT molecular complexity index is 1140. The number of hydrogen-bond acceptors (Lipinski definition) is 8. The van der Waals surface area contributed by atoms with Gasteiger partial charge in [-0.15, -0.1) is 22.7 Å². The highest BCUT2D eigenvalue weighted by Gasteiger charge is 2.34. The minimum atomic E-state index is -0.538. The fourth-order valence-corrected chi connectivity index (χ4v) is 6.12. The van der Waals surface area contributed by atoms with Crippen LogP contribution in [0.3, 0.4) is 0 Å². The zero-order valence-corrected chi connectivity index (χ0v) is 19.1. The van der Waals surface area contributed by atoms with Crippen LogP contribution in [0.1, 0.15) is 28.3 Å². The van der Waals surface area contributed by atoms with Crippen molar-refractivity contribution in [1.29, 1.82) is 0 Å². The van der Waals surface area contributed by atoms with E-state index in [2.05, 4.69) is 34.4 Å². The molecular weight excluding hydrogens is 440 g/mol. The van der Waals surface area contributed by atoms with E-state index in [1.165, 1.54) is 28.0 Å². The second-order valence-corrected chi connectivity index (χ2v) is 9.74. The van der Waals surface area contributed by atoms with E-state index in [1.54, 1.807) is 24.6 Å². The molecule has 1 atom stereocenters. The molecule has 0 spiro atoms. The maximum atomic E-state index is 12.8. The van der Waals surface area contributed by atoms with Gasteiger partial charge in [-0.25, -0.2) is 19.6 Å². The maximum Gasteiger partial charge on any atom is 0.338 e. The van der Waals surface area contributed by atoms with Gasteiger partial charge in [0, 0.05) is 26.6 Å².